The van der Waals surface area contributed by atoms with Gasteiger partial charge < -0.3 is 50.6 Å². The van der Waals surface area contributed by atoms with Crippen molar-refractivity contribution in [2.24, 2.45) is 5.92 Å². The predicted molar refractivity (Wildman–Crippen MR) is 218 cm³/mol. The molecule has 0 saturated heterocycles. The summed E-state index contributed by atoms with van der Waals surface area (Å²) >= 11 is 0. The van der Waals surface area contributed by atoms with E-state index in [9.17, 15) is 20.1 Å². The number of nitrogen functional groups attached to an aromatic ring is 1. The largest absolute Gasteiger partial charge is 0.508 e. The van der Waals surface area contributed by atoms with Gasteiger partial charge in [0.25, 0.3) is 0 Å². The maximum Gasteiger partial charge on any atom is 0.302 e. The van der Waals surface area contributed by atoms with Gasteiger partial charge in [-0.3, -0.25) is 4.79 Å². The molecule has 3 aromatic carbocycles. The third-order valence-electron chi connectivity index (χ3n) is 12.7. The number of aromatic hydroxyl groups is 2. The van der Waals surface area contributed by atoms with Crippen LogP contribution in [-0.2, 0) is 34.2 Å². The molecule has 1 spiro atoms. The lowest BCUT2D eigenvalue weighted by Crippen LogP contribution is -2.44. The molecule has 3 aliphatic heterocycles. The molecule has 1 fully saturated rings. The van der Waals surface area contributed by atoms with Crippen LogP contribution >= 0.6 is 0 Å². The van der Waals surface area contributed by atoms with Crippen molar-refractivity contribution in [3.8, 4) is 51.7 Å². The number of pyridine rings is 1. The van der Waals surface area contributed by atoms with Crippen LogP contribution < -0.4 is 30.6 Å². The number of likely N-dealkylation sites (N-methyl/N-ethyl adjacent to an activating group) is 2. The van der Waals surface area contributed by atoms with E-state index in [1.165, 1.54) is 6.92 Å². The highest BCUT2D eigenvalue weighted by molar-refractivity contribution is 5.84. The molecular formula is C46H48N4O8. The standard InChI is InChI=1S/C46H48N4O8/c1-24(52)55-22-33-30-8-9-31-40-28(16-29(53)18-37(40)56-23-51)20-46-14-13-25(19-46)15-26-7-12-39(47)50-34(26)6-4-5-27-17-36(54)43-32(41(27)44(33)58-45(30)42(31)46)10-11-35(49-3)38(57-43)21-48-2/h7-12,16-18,25,33,35,38,44,48-49,51,53-54H,5,13-15,19-23H2,1-3H3,(H2,47,50)/t25-,33-,35+,38+,44+,46+/m1/s1. The minimum Gasteiger partial charge on any atom is -0.508 e. The third kappa shape index (κ3) is 6.38. The molecule has 4 heterocycles. The normalized spacial score (nSPS) is 24.5. The van der Waals surface area contributed by atoms with Crippen LogP contribution in [0, 0.1) is 17.8 Å². The number of hydrogen-bond acceptors (Lipinski definition) is 12. The summed E-state index contributed by atoms with van der Waals surface area (Å²) in [5.41, 5.74) is 14.3. The van der Waals surface area contributed by atoms with Gasteiger partial charge in [0.1, 0.15) is 47.6 Å². The summed E-state index contributed by atoms with van der Waals surface area (Å²) in [4.78, 5) is 17.2. The van der Waals surface area contributed by atoms with Crippen LogP contribution in [0.25, 0.3) is 17.2 Å². The summed E-state index contributed by atoms with van der Waals surface area (Å²) < 4.78 is 25.7. The Morgan fingerprint density at radius 1 is 1.09 bits per heavy atom. The number of aromatic nitrogens is 1. The average Bonchev–Trinajstić information content (AvgIpc) is 3.69. The van der Waals surface area contributed by atoms with E-state index in [2.05, 4.69) is 28.5 Å². The van der Waals surface area contributed by atoms with Crippen LogP contribution in [0.4, 0.5) is 5.82 Å². The Labute approximate surface area is 337 Å². The minimum atomic E-state index is -0.677. The van der Waals surface area contributed by atoms with Crippen LogP contribution in [0.1, 0.15) is 82.8 Å². The highest BCUT2D eigenvalue weighted by atomic mass is 16.6. The topological polar surface area (TPSA) is 178 Å². The summed E-state index contributed by atoms with van der Waals surface area (Å²) in [6.07, 6.45) is 7.24. The lowest BCUT2D eigenvalue weighted by atomic mass is 9.65. The van der Waals surface area contributed by atoms with Crippen LogP contribution in [0.15, 0.2) is 48.5 Å². The number of rotatable bonds is 7. The minimum absolute atomic E-state index is 0.0179. The Bertz CT molecular complexity index is 2420. The first-order chi connectivity index (χ1) is 28.1. The first-order valence-electron chi connectivity index (χ1n) is 20.0. The van der Waals surface area contributed by atoms with E-state index in [4.69, 9.17) is 29.7 Å². The Morgan fingerprint density at radius 3 is 2.74 bits per heavy atom. The summed E-state index contributed by atoms with van der Waals surface area (Å²) in [5, 5.41) is 39.2. The van der Waals surface area contributed by atoms with Gasteiger partial charge in [0.2, 0.25) is 0 Å². The van der Waals surface area contributed by atoms with Crippen molar-refractivity contribution < 1.29 is 39.1 Å². The number of aliphatic hydroxyl groups is 1. The van der Waals surface area contributed by atoms with Crippen molar-refractivity contribution >= 4 is 17.9 Å². The van der Waals surface area contributed by atoms with E-state index in [1.807, 2.05) is 50.5 Å². The first-order valence-corrected chi connectivity index (χ1v) is 20.0. The number of fused-ring (bicyclic) bond motifs is 9. The SMILES string of the molecule is CNC[C@@H]1Oc2c(O)cc3c(c2C=C[C@@H]1NC)[C@H]1Oc2c(ccc4c2[C@]2(CC[C@H](Cc5ccc(N)nc5C#CC3)C2)Cc2cc(O)cc(OCO)c2-4)[C@H]1COC(C)=O. The van der Waals surface area contributed by atoms with Crippen molar-refractivity contribution in [1.82, 2.24) is 15.6 Å². The predicted octanol–water partition coefficient (Wildman–Crippen LogP) is 5.18. The van der Waals surface area contributed by atoms with Crippen LogP contribution in [0.3, 0.4) is 0 Å². The van der Waals surface area contributed by atoms with E-state index in [-0.39, 0.29) is 42.6 Å². The number of benzene rings is 3. The molecule has 4 aromatic rings. The smallest absolute Gasteiger partial charge is 0.302 e. The first kappa shape index (κ1) is 37.8. The van der Waals surface area contributed by atoms with Gasteiger partial charge in [0, 0.05) is 59.2 Å². The highest BCUT2D eigenvalue weighted by Crippen LogP contribution is 2.63. The van der Waals surface area contributed by atoms with Gasteiger partial charge in [0.15, 0.2) is 18.3 Å². The second-order valence-electron chi connectivity index (χ2n) is 16.2. The Balaban J connectivity index is 1.33. The molecule has 6 atom stereocenters. The monoisotopic (exact) mass is 784 g/mol. The fraction of sp³-hybridized carbons (Fsp3) is 0.391. The van der Waals surface area contributed by atoms with Gasteiger partial charge in [-0.25, -0.2) is 4.98 Å². The van der Waals surface area contributed by atoms with Gasteiger partial charge in [-0.1, -0.05) is 36.3 Å². The number of aliphatic hydroxyl groups excluding tert-OH is 1. The fourth-order valence-corrected chi connectivity index (χ4v) is 10.3. The highest BCUT2D eigenvalue weighted by Gasteiger charge is 2.51. The zero-order valence-corrected chi connectivity index (χ0v) is 32.9. The Kier molecular flexibility index (Phi) is 9.71. The number of carbonyl (C=O) groups is 1. The number of phenols is 2. The van der Waals surface area contributed by atoms with Crippen LogP contribution in [0.2, 0.25) is 0 Å². The summed E-state index contributed by atoms with van der Waals surface area (Å²) in [5.74, 6) is 8.05. The number of anilines is 1. The quantitative estimate of drug-likeness (QED) is 0.0824. The second-order valence-corrected chi connectivity index (χ2v) is 16.2. The molecule has 7 N–H and O–H groups in total. The molecule has 0 amide bonds. The van der Waals surface area contributed by atoms with Crippen LogP contribution in [-0.4, -0.2) is 72.5 Å². The maximum absolute atomic E-state index is 12.5. The molecule has 1 aromatic heterocycles. The fourth-order valence-electron chi connectivity index (χ4n) is 10.3. The average molecular weight is 785 g/mol. The van der Waals surface area contributed by atoms with E-state index in [0.29, 0.717) is 41.5 Å². The molecule has 12 heteroatoms. The molecule has 9 rings (SSSR count). The maximum atomic E-state index is 12.5. The van der Waals surface area contributed by atoms with Crippen molar-refractivity contribution in [3.05, 3.63) is 93.2 Å². The number of ether oxygens (including phenoxy) is 4. The van der Waals surface area contributed by atoms with E-state index >= 15 is 0 Å². The molecule has 12 nitrogen and oxygen atoms in total. The molecule has 58 heavy (non-hydrogen) atoms. The van der Waals surface area contributed by atoms with Crippen molar-refractivity contribution in [1.29, 1.82) is 0 Å². The zero-order chi connectivity index (χ0) is 40.3. The number of nitrogens with one attached hydrogen (secondary N) is 2. The number of nitrogens with zero attached hydrogens (tertiary/aromatic N) is 1. The van der Waals surface area contributed by atoms with E-state index < -0.39 is 30.2 Å². The third-order valence-corrected chi connectivity index (χ3v) is 12.7. The van der Waals surface area contributed by atoms with Gasteiger partial charge in [-0.2, -0.15) is 0 Å². The second kappa shape index (κ2) is 14.9. The number of hydrogen-bond donors (Lipinski definition) is 6. The van der Waals surface area contributed by atoms with Gasteiger partial charge in [0.05, 0.1) is 12.0 Å². The zero-order valence-electron chi connectivity index (χ0n) is 32.9. The van der Waals surface area contributed by atoms with Gasteiger partial charge in [-0.05, 0) is 98.5 Å². The van der Waals surface area contributed by atoms with Gasteiger partial charge in [-0.15, -0.1) is 0 Å². The lowest BCUT2D eigenvalue weighted by molar-refractivity contribution is -0.141. The molecule has 5 aliphatic rings. The van der Waals surface area contributed by atoms with E-state index in [0.717, 1.165) is 75.9 Å². The van der Waals surface area contributed by atoms with Crippen molar-refractivity contribution in [2.75, 3.05) is 39.8 Å². The van der Waals surface area contributed by atoms with Crippen molar-refractivity contribution in [3.63, 3.8) is 0 Å². The molecule has 4 bridgehead atoms. The van der Waals surface area contributed by atoms with Gasteiger partial charge >= 0.3 is 5.97 Å². The summed E-state index contributed by atoms with van der Waals surface area (Å²) in [6.45, 7) is 1.42. The summed E-state index contributed by atoms with van der Waals surface area (Å²) in [7, 11) is 3.73. The molecule has 300 valence electrons. The molecule has 1 saturated carbocycles. The number of nitrogens with two attached hydrogens (primary N) is 1. The molecular weight excluding hydrogens is 737 g/mol. The molecule has 0 radical (unpaired) electrons. The Morgan fingerprint density at radius 2 is 1.95 bits per heavy atom. The van der Waals surface area contributed by atoms with E-state index in [1.54, 1.807) is 12.1 Å². The molecule has 0 unspecified atom stereocenters. The Hall–Kier alpha value is -5.74. The number of carbonyl (C=O) groups excluding carboxylic acids is 1. The molecule has 2 aliphatic carbocycles. The lowest BCUT2D eigenvalue weighted by Gasteiger charge is -2.39. The number of esters is 1. The van der Waals surface area contributed by atoms with Crippen molar-refractivity contribution in [2.45, 2.75) is 75.0 Å². The van der Waals surface area contributed by atoms with Crippen LogP contribution in [0.5, 0.6) is 28.7 Å². The number of phenolic OH excluding ortho intramolecular Hbond substituents is 2. The summed E-state index contributed by atoms with van der Waals surface area (Å²) in [6, 6.07) is 12.9.